The van der Waals surface area contributed by atoms with Crippen molar-refractivity contribution >= 4 is 73.9 Å². The zero-order valence-corrected chi connectivity index (χ0v) is 28.8. The highest BCUT2D eigenvalue weighted by Crippen LogP contribution is 2.32. The lowest BCUT2D eigenvalue weighted by Crippen LogP contribution is -2.53. The molecule has 1 N–H and O–H groups in total. The Hall–Kier alpha value is -3.27. The third kappa shape index (κ3) is 8.96. The maximum Gasteiger partial charge on any atom is 0.264 e. The van der Waals surface area contributed by atoms with E-state index < -0.39 is 28.5 Å². The molecule has 4 aromatic rings. The molecule has 0 saturated carbocycles. The number of nitrogens with zero attached hydrogens (tertiary/aromatic N) is 2. The van der Waals surface area contributed by atoms with E-state index >= 15 is 0 Å². The van der Waals surface area contributed by atoms with Crippen molar-refractivity contribution in [1.29, 1.82) is 0 Å². The van der Waals surface area contributed by atoms with Gasteiger partial charge in [-0.05, 0) is 54.4 Å². The van der Waals surface area contributed by atoms with Crippen molar-refractivity contribution in [3.8, 4) is 0 Å². The molecule has 4 rings (SSSR count). The van der Waals surface area contributed by atoms with Crippen LogP contribution in [0.5, 0.6) is 0 Å². The Morgan fingerprint density at radius 1 is 0.783 bits per heavy atom. The summed E-state index contributed by atoms with van der Waals surface area (Å²) in [4.78, 5) is 29.7. The van der Waals surface area contributed by atoms with Crippen molar-refractivity contribution in [1.82, 2.24) is 10.2 Å². The molecule has 7 nitrogen and oxygen atoms in total. The van der Waals surface area contributed by atoms with Crippen LogP contribution in [0.4, 0.5) is 5.69 Å². The van der Waals surface area contributed by atoms with E-state index in [0.29, 0.717) is 22.2 Å². The lowest BCUT2D eigenvalue weighted by molar-refractivity contribution is -0.140. The molecule has 0 bridgehead atoms. The second kappa shape index (κ2) is 16.5. The number of nitrogens with one attached hydrogen (secondary N) is 1. The summed E-state index contributed by atoms with van der Waals surface area (Å²) in [6.07, 6.45) is 1.76. The molecule has 0 aliphatic heterocycles. The molecule has 46 heavy (non-hydrogen) atoms. The van der Waals surface area contributed by atoms with Crippen LogP contribution >= 0.6 is 46.4 Å². The third-order valence-corrected chi connectivity index (χ3v) is 10.5. The smallest absolute Gasteiger partial charge is 0.264 e. The van der Waals surface area contributed by atoms with Gasteiger partial charge in [0, 0.05) is 35.1 Å². The molecule has 0 saturated heterocycles. The van der Waals surface area contributed by atoms with E-state index in [2.05, 4.69) is 5.32 Å². The molecule has 0 radical (unpaired) electrons. The first-order chi connectivity index (χ1) is 22.0. The topological polar surface area (TPSA) is 86.8 Å². The Labute approximate surface area is 290 Å². The van der Waals surface area contributed by atoms with Crippen LogP contribution in [-0.2, 0) is 32.6 Å². The fraction of sp³-hybridized carbons (Fsp3) is 0.235. The fourth-order valence-electron chi connectivity index (χ4n) is 4.80. The minimum Gasteiger partial charge on any atom is -0.354 e. The van der Waals surface area contributed by atoms with E-state index in [1.165, 1.54) is 35.2 Å². The van der Waals surface area contributed by atoms with Gasteiger partial charge in [-0.3, -0.25) is 13.9 Å². The number of amides is 2. The highest BCUT2D eigenvalue weighted by atomic mass is 35.5. The van der Waals surface area contributed by atoms with Crippen LogP contribution in [0.1, 0.15) is 30.9 Å². The molecule has 12 heteroatoms. The summed E-state index contributed by atoms with van der Waals surface area (Å²) in [5.74, 6) is -1.05. The number of hydrogen-bond donors (Lipinski definition) is 1. The SMILES string of the molecule is CCCCNC(=O)[C@@H](Cc1ccccc1)N(Cc1c(Cl)cccc1Cl)C(=O)CN(c1ccc(Cl)c(Cl)c1)S(=O)(=O)c1ccccc1. The summed E-state index contributed by atoms with van der Waals surface area (Å²) in [5, 5.41) is 3.87. The van der Waals surface area contributed by atoms with Gasteiger partial charge < -0.3 is 10.2 Å². The largest absolute Gasteiger partial charge is 0.354 e. The molecule has 0 aliphatic carbocycles. The fourth-order valence-corrected chi connectivity index (χ4v) is 7.04. The molecule has 242 valence electrons. The predicted molar refractivity (Wildman–Crippen MR) is 186 cm³/mol. The summed E-state index contributed by atoms with van der Waals surface area (Å²) < 4.78 is 29.1. The number of carbonyl (C=O) groups is 2. The van der Waals surface area contributed by atoms with Gasteiger partial charge in [-0.25, -0.2) is 8.42 Å². The number of carbonyl (C=O) groups excluding carboxylic acids is 2. The average Bonchev–Trinajstić information content (AvgIpc) is 3.05. The zero-order valence-electron chi connectivity index (χ0n) is 25.0. The number of sulfonamides is 1. The van der Waals surface area contributed by atoms with E-state index in [9.17, 15) is 18.0 Å². The maximum atomic E-state index is 14.5. The van der Waals surface area contributed by atoms with E-state index in [-0.39, 0.29) is 39.5 Å². The van der Waals surface area contributed by atoms with Crippen LogP contribution in [0.25, 0.3) is 0 Å². The highest BCUT2D eigenvalue weighted by molar-refractivity contribution is 7.92. The van der Waals surface area contributed by atoms with Crippen molar-refractivity contribution in [3.63, 3.8) is 0 Å². The van der Waals surface area contributed by atoms with E-state index in [0.717, 1.165) is 22.7 Å². The summed E-state index contributed by atoms with van der Waals surface area (Å²) in [5.41, 5.74) is 1.35. The standard InChI is InChI=1S/C34H33Cl4N3O4S/c1-2-3-19-39-34(43)32(20-24-11-6-4-7-12-24)40(22-27-28(35)15-10-16-29(27)36)33(42)23-41(25-17-18-30(37)31(38)21-25)46(44,45)26-13-8-5-9-14-26/h4-18,21,32H,2-3,19-20,22-23H2,1H3,(H,39,43)/t32-/m1/s1. The molecule has 1 atom stereocenters. The molecule has 2 amide bonds. The monoisotopic (exact) mass is 719 g/mol. The first-order valence-electron chi connectivity index (χ1n) is 14.6. The van der Waals surface area contributed by atoms with Crippen LogP contribution in [0.3, 0.4) is 0 Å². The first kappa shape index (κ1) is 35.6. The Morgan fingerprint density at radius 2 is 1.41 bits per heavy atom. The molecule has 4 aromatic carbocycles. The van der Waals surface area contributed by atoms with Gasteiger partial charge in [0.05, 0.1) is 20.6 Å². The van der Waals surface area contributed by atoms with Gasteiger partial charge in [0.15, 0.2) is 0 Å². The minimum absolute atomic E-state index is 0.0345. The van der Waals surface area contributed by atoms with Gasteiger partial charge in [0.25, 0.3) is 10.0 Å². The number of hydrogen-bond acceptors (Lipinski definition) is 4. The number of unbranched alkanes of at least 4 members (excludes halogenated alkanes) is 1. The van der Waals surface area contributed by atoms with Gasteiger partial charge in [-0.1, -0.05) is 114 Å². The lowest BCUT2D eigenvalue weighted by Gasteiger charge is -2.34. The highest BCUT2D eigenvalue weighted by Gasteiger charge is 2.35. The number of halogens is 4. The second-order valence-corrected chi connectivity index (χ2v) is 14.0. The average molecular weight is 722 g/mol. The minimum atomic E-state index is -4.29. The van der Waals surface area contributed by atoms with E-state index in [1.54, 1.807) is 36.4 Å². The summed E-state index contributed by atoms with van der Waals surface area (Å²) in [7, 11) is -4.29. The number of rotatable bonds is 14. The van der Waals surface area contributed by atoms with E-state index in [1.807, 2.05) is 37.3 Å². The molecule has 0 fully saturated rings. The van der Waals surface area contributed by atoms with Crippen molar-refractivity contribution < 1.29 is 18.0 Å². The summed E-state index contributed by atoms with van der Waals surface area (Å²) in [6.45, 7) is 1.60. The maximum absolute atomic E-state index is 14.5. The van der Waals surface area contributed by atoms with Crippen LogP contribution in [0.2, 0.25) is 20.1 Å². The van der Waals surface area contributed by atoms with Crippen molar-refractivity contribution in [2.75, 3.05) is 17.4 Å². The summed E-state index contributed by atoms with van der Waals surface area (Å²) >= 11 is 25.6. The molecular formula is C34H33Cl4N3O4S. The van der Waals surface area contributed by atoms with Crippen LogP contribution in [-0.4, -0.2) is 44.3 Å². The van der Waals surface area contributed by atoms with Crippen LogP contribution in [0, 0.1) is 0 Å². The first-order valence-corrected chi connectivity index (χ1v) is 17.5. The van der Waals surface area contributed by atoms with Crippen molar-refractivity contribution in [2.24, 2.45) is 0 Å². The normalized spacial score (nSPS) is 11.9. The molecule has 0 unspecified atom stereocenters. The van der Waals surface area contributed by atoms with Gasteiger partial charge >= 0.3 is 0 Å². The number of benzene rings is 4. The van der Waals surface area contributed by atoms with E-state index in [4.69, 9.17) is 46.4 Å². The molecular weight excluding hydrogens is 688 g/mol. The number of anilines is 1. The second-order valence-electron chi connectivity index (χ2n) is 10.5. The third-order valence-electron chi connectivity index (χ3n) is 7.29. The molecule has 0 aliphatic rings. The van der Waals surface area contributed by atoms with Crippen LogP contribution in [0.15, 0.2) is 102 Å². The van der Waals surface area contributed by atoms with Gasteiger partial charge in [-0.2, -0.15) is 0 Å². The Balaban J connectivity index is 1.83. The van der Waals surface area contributed by atoms with Crippen molar-refractivity contribution in [2.45, 2.75) is 43.7 Å². The zero-order chi connectivity index (χ0) is 33.3. The molecule has 0 spiro atoms. The van der Waals surface area contributed by atoms with Gasteiger partial charge in [0.2, 0.25) is 11.8 Å². The van der Waals surface area contributed by atoms with Gasteiger partial charge in [-0.15, -0.1) is 0 Å². The predicted octanol–water partition coefficient (Wildman–Crippen LogP) is 8.05. The lowest BCUT2D eigenvalue weighted by atomic mass is 10.0. The van der Waals surface area contributed by atoms with Gasteiger partial charge in [0.1, 0.15) is 12.6 Å². The van der Waals surface area contributed by atoms with Crippen LogP contribution < -0.4 is 9.62 Å². The molecule has 0 aromatic heterocycles. The Morgan fingerprint density at radius 3 is 2.02 bits per heavy atom. The summed E-state index contributed by atoms with van der Waals surface area (Å²) in [6, 6.07) is 25.2. The Bertz CT molecular complexity index is 1740. The quantitative estimate of drug-likeness (QED) is 0.134. The Kier molecular flexibility index (Phi) is 12.8. The van der Waals surface area contributed by atoms with Crippen molar-refractivity contribution in [3.05, 3.63) is 128 Å². The molecule has 0 heterocycles.